The van der Waals surface area contributed by atoms with Crippen molar-refractivity contribution in [3.8, 4) is 0 Å². The highest BCUT2D eigenvalue weighted by molar-refractivity contribution is 7.11. The lowest BCUT2D eigenvalue weighted by Gasteiger charge is -2.32. The van der Waals surface area contributed by atoms with Gasteiger partial charge in [0.25, 0.3) is 0 Å². The number of unbranched alkanes of at least 4 members (excludes halogenated alkanes) is 1. The lowest BCUT2D eigenvalue weighted by atomic mass is 9.90. The summed E-state index contributed by atoms with van der Waals surface area (Å²) in [6.45, 7) is 12.3. The van der Waals surface area contributed by atoms with Crippen LogP contribution in [0.4, 0.5) is 0 Å². The maximum atomic E-state index is 4.93. The number of aryl methyl sites for hydroxylation is 2. The predicted octanol–water partition coefficient (Wildman–Crippen LogP) is 4.81. The summed E-state index contributed by atoms with van der Waals surface area (Å²) >= 11 is 1.90. The molecule has 1 N–H and O–H groups in total. The Morgan fingerprint density at radius 1 is 1.16 bits per heavy atom. The van der Waals surface area contributed by atoms with Crippen LogP contribution in [0, 0.1) is 6.92 Å². The van der Waals surface area contributed by atoms with Crippen LogP contribution in [-0.4, -0.2) is 11.5 Å². The summed E-state index contributed by atoms with van der Waals surface area (Å²) in [6, 6.07) is 0. The summed E-state index contributed by atoms with van der Waals surface area (Å²) in [7, 11) is 0. The predicted molar refractivity (Wildman–Crippen MR) is 86.0 cm³/mol. The third-order valence-corrected chi connectivity index (χ3v) is 5.13. The Morgan fingerprint density at radius 3 is 2.37 bits per heavy atom. The second kappa shape index (κ2) is 8.01. The van der Waals surface area contributed by atoms with Crippen molar-refractivity contribution in [3.05, 3.63) is 15.6 Å². The average molecular weight is 282 g/mol. The van der Waals surface area contributed by atoms with Crippen molar-refractivity contribution >= 4 is 11.3 Å². The van der Waals surface area contributed by atoms with Gasteiger partial charge in [-0.2, -0.15) is 0 Å². The zero-order chi connectivity index (χ0) is 14.3. The smallest absolute Gasteiger partial charge is 0.113 e. The van der Waals surface area contributed by atoms with Crippen LogP contribution in [0.15, 0.2) is 0 Å². The van der Waals surface area contributed by atoms with Gasteiger partial charge in [-0.05, 0) is 39.2 Å². The quantitative estimate of drug-likeness (QED) is 0.703. The molecule has 2 nitrogen and oxygen atoms in total. The van der Waals surface area contributed by atoms with Crippen molar-refractivity contribution in [1.82, 2.24) is 10.3 Å². The van der Waals surface area contributed by atoms with E-state index in [2.05, 4.69) is 39.9 Å². The van der Waals surface area contributed by atoms with E-state index < -0.39 is 0 Å². The minimum absolute atomic E-state index is 0.106. The SMILES string of the molecule is CCCCC(CC)(NCCC)c1nc(CC)c(C)s1. The van der Waals surface area contributed by atoms with E-state index in [1.807, 2.05) is 11.3 Å². The van der Waals surface area contributed by atoms with Gasteiger partial charge < -0.3 is 5.32 Å². The second-order valence-corrected chi connectivity index (χ2v) is 6.54. The minimum Gasteiger partial charge on any atom is -0.305 e. The Labute approximate surface area is 123 Å². The molecule has 0 aliphatic rings. The molecule has 110 valence electrons. The van der Waals surface area contributed by atoms with Gasteiger partial charge in [-0.25, -0.2) is 4.98 Å². The number of nitrogens with one attached hydrogen (secondary N) is 1. The van der Waals surface area contributed by atoms with Crippen LogP contribution < -0.4 is 5.32 Å². The van der Waals surface area contributed by atoms with Crippen molar-refractivity contribution in [2.24, 2.45) is 0 Å². The molecule has 0 radical (unpaired) electrons. The summed E-state index contributed by atoms with van der Waals surface area (Å²) in [5, 5.41) is 5.11. The van der Waals surface area contributed by atoms with Crippen molar-refractivity contribution in [1.29, 1.82) is 0 Å². The Hall–Kier alpha value is -0.410. The molecule has 0 saturated carbocycles. The highest BCUT2D eigenvalue weighted by atomic mass is 32.1. The second-order valence-electron chi connectivity index (χ2n) is 5.34. The van der Waals surface area contributed by atoms with Gasteiger partial charge in [0.15, 0.2) is 0 Å². The molecule has 19 heavy (non-hydrogen) atoms. The molecule has 0 amide bonds. The molecule has 3 heteroatoms. The Balaban J connectivity index is 3.03. The van der Waals surface area contributed by atoms with Gasteiger partial charge >= 0.3 is 0 Å². The topological polar surface area (TPSA) is 24.9 Å². The molecule has 1 aromatic heterocycles. The van der Waals surface area contributed by atoms with E-state index in [4.69, 9.17) is 4.98 Å². The fourth-order valence-electron chi connectivity index (χ4n) is 2.53. The number of hydrogen-bond donors (Lipinski definition) is 1. The van der Waals surface area contributed by atoms with Gasteiger partial charge in [-0.15, -0.1) is 11.3 Å². The molecule has 0 fully saturated rings. The highest BCUT2D eigenvalue weighted by Gasteiger charge is 2.32. The van der Waals surface area contributed by atoms with Crippen molar-refractivity contribution < 1.29 is 0 Å². The van der Waals surface area contributed by atoms with Gasteiger partial charge in [-0.1, -0.05) is 40.5 Å². The molecular formula is C16H30N2S. The third-order valence-electron chi connectivity index (χ3n) is 3.91. The molecule has 1 aromatic rings. The Kier molecular flexibility index (Phi) is 7.01. The van der Waals surface area contributed by atoms with Gasteiger partial charge in [0.1, 0.15) is 5.01 Å². The van der Waals surface area contributed by atoms with E-state index in [1.54, 1.807) is 0 Å². The first-order chi connectivity index (χ1) is 9.13. The van der Waals surface area contributed by atoms with E-state index in [0.717, 1.165) is 19.4 Å². The van der Waals surface area contributed by atoms with Gasteiger partial charge in [0.2, 0.25) is 0 Å². The van der Waals surface area contributed by atoms with E-state index >= 15 is 0 Å². The lowest BCUT2D eigenvalue weighted by molar-refractivity contribution is 0.287. The van der Waals surface area contributed by atoms with Crippen LogP contribution in [0.3, 0.4) is 0 Å². The fourth-order valence-corrected chi connectivity index (χ4v) is 3.80. The molecule has 1 heterocycles. The number of rotatable bonds is 9. The van der Waals surface area contributed by atoms with Crippen LogP contribution >= 0.6 is 11.3 Å². The van der Waals surface area contributed by atoms with Gasteiger partial charge in [0, 0.05) is 4.88 Å². The summed E-state index contributed by atoms with van der Waals surface area (Å²) in [5.41, 5.74) is 1.39. The van der Waals surface area contributed by atoms with Crippen molar-refractivity contribution in [2.45, 2.75) is 78.7 Å². The van der Waals surface area contributed by atoms with Crippen LogP contribution in [0.2, 0.25) is 0 Å². The maximum Gasteiger partial charge on any atom is 0.113 e. The van der Waals surface area contributed by atoms with Crippen LogP contribution in [-0.2, 0) is 12.0 Å². The third kappa shape index (κ3) is 4.03. The molecule has 0 aromatic carbocycles. The van der Waals surface area contributed by atoms with E-state index in [0.29, 0.717) is 0 Å². The highest BCUT2D eigenvalue weighted by Crippen LogP contribution is 2.35. The van der Waals surface area contributed by atoms with Gasteiger partial charge in [-0.3, -0.25) is 0 Å². The number of aromatic nitrogens is 1. The van der Waals surface area contributed by atoms with Crippen LogP contribution in [0.5, 0.6) is 0 Å². The zero-order valence-electron chi connectivity index (χ0n) is 13.3. The molecule has 0 bridgehead atoms. The summed E-state index contributed by atoms with van der Waals surface area (Å²) in [6.07, 6.45) is 7.08. The average Bonchev–Trinajstić information content (AvgIpc) is 2.81. The number of hydrogen-bond acceptors (Lipinski definition) is 3. The molecule has 1 atom stereocenters. The molecular weight excluding hydrogens is 252 g/mol. The zero-order valence-corrected chi connectivity index (χ0v) is 14.1. The molecule has 1 unspecified atom stereocenters. The molecule has 0 spiro atoms. The minimum atomic E-state index is 0.106. The van der Waals surface area contributed by atoms with E-state index in [1.165, 1.54) is 41.3 Å². The van der Waals surface area contributed by atoms with Crippen LogP contribution in [0.25, 0.3) is 0 Å². The summed E-state index contributed by atoms with van der Waals surface area (Å²) in [5.74, 6) is 0. The number of nitrogens with zero attached hydrogens (tertiary/aromatic N) is 1. The molecule has 0 aliphatic carbocycles. The maximum absolute atomic E-state index is 4.93. The molecule has 1 rings (SSSR count). The molecule has 0 aliphatic heterocycles. The fraction of sp³-hybridized carbons (Fsp3) is 0.812. The monoisotopic (exact) mass is 282 g/mol. The normalized spacial score (nSPS) is 14.6. The standard InChI is InChI=1S/C16H30N2S/c1-6-10-11-16(9-4,17-12-7-2)15-18-14(8-3)13(5)19-15/h17H,6-12H2,1-5H3. The van der Waals surface area contributed by atoms with Gasteiger partial charge in [0.05, 0.1) is 11.2 Å². The van der Waals surface area contributed by atoms with Crippen molar-refractivity contribution in [2.75, 3.05) is 6.54 Å². The van der Waals surface area contributed by atoms with Crippen LogP contribution in [0.1, 0.15) is 75.4 Å². The van der Waals surface area contributed by atoms with E-state index in [9.17, 15) is 0 Å². The Bertz CT molecular complexity index is 363. The largest absolute Gasteiger partial charge is 0.305 e. The first-order valence-corrected chi connectivity index (χ1v) is 8.66. The van der Waals surface area contributed by atoms with Crippen molar-refractivity contribution in [3.63, 3.8) is 0 Å². The first kappa shape index (κ1) is 16.6. The molecule has 0 saturated heterocycles. The summed E-state index contributed by atoms with van der Waals surface area (Å²) in [4.78, 5) is 6.33. The first-order valence-electron chi connectivity index (χ1n) is 7.85. The summed E-state index contributed by atoms with van der Waals surface area (Å²) < 4.78 is 0. The Morgan fingerprint density at radius 2 is 1.89 bits per heavy atom. The lowest BCUT2D eigenvalue weighted by Crippen LogP contribution is -2.42. The van der Waals surface area contributed by atoms with E-state index in [-0.39, 0.29) is 5.54 Å². The number of thiazole rings is 1.